The first kappa shape index (κ1) is 20.4. The third-order valence-electron chi connectivity index (χ3n) is 3.23. The number of carbonyl (C=O) groups excluding carboxylic acids is 1. The predicted molar refractivity (Wildman–Crippen MR) is 96.3 cm³/mol. The van der Waals surface area contributed by atoms with Crippen LogP contribution in [-0.4, -0.2) is 62.2 Å². The number of ether oxygens (including phenoxy) is 1. The Labute approximate surface area is 145 Å². The molecule has 1 amide bonds. The number of piperidine rings is 1. The van der Waals surface area contributed by atoms with Gasteiger partial charge in [0.05, 0.1) is 12.6 Å². The summed E-state index contributed by atoms with van der Waals surface area (Å²) in [6, 6.07) is 0. The lowest BCUT2D eigenvalue weighted by atomic mass is 10.1. The zero-order valence-electron chi connectivity index (χ0n) is 13.4. The second kappa shape index (κ2) is 12.0. The molecule has 0 aliphatic carbocycles. The average Bonchev–Trinajstić information content (AvgIpc) is 2.43. The average molecular weight is 412 g/mol. The van der Waals surface area contributed by atoms with E-state index in [2.05, 4.69) is 27.4 Å². The van der Waals surface area contributed by atoms with Crippen molar-refractivity contribution in [2.75, 3.05) is 39.3 Å². The van der Waals surface area contributed by atoms with E-state index in [0.29, 0.717) is 19.2 Å². The SMILES string of the molecule is CCNC(=NCCNC(C)=O)N1CCC(OCC)CC1.I. The molecule has 0 saturated carbocycles. The molecule has 124 valence electrons. The highest BCUT2D eigenvalue weighted by molar-refractivity contribution is 14.0. The minimum atomic E-state index is -0.0114. The first-order valence-electron chi connectivity index (χ1n) is 7.56. The maximum Gasteiger partial charge on any atom is 0.216 e. The lowest BCUT2D eigenvalue weighted by molar-refractivity contribution is -0.118. The summed E-state index contributed by atoms with van der Waals surface area (Å²) in [5.41, 5.74) is 0. The summed E-state index contributed by atoms with van der Waals surface area (Å²) in [5.74, 6) is 0.926. The third-order valence-corrected chi connectivity index (χ3v) is 3.23. The fourth-order valence-electron chi connectivity index (χ4n) is 2.29. The van der Waals surface area contributed by atoms with E-state index in [1.807, 2.05) is 6.92 Å². The summed E-state index contributed by atoms with van der Waals surface area (Å²) >= 11 is 0. The third kappa shape index (κ3) is 8.45. The van der Waals surface area contributed by atoms with Crippen molar-refractivity contribution in [1.29, 1.82) is 0 Å². The van der Waals surface area contributed by atoms with Crippen LogP contribution in [0.25, 0.3) is 0 Å². The molecule has 0 aromatic carbocycles. The van der Waals surface area contributed by atoms with Crippen LogP contribution >= 0.6 is 24.0 Å². The van der Waals surface area contributed by atoms with Gasteiger partial charge in [-0.2, -0.15) is 0 Å². The Bertz CT molecular complexity index is 318. The summed E-state index contributed by atoms with van der Waals surface area (Å²) in [7, 11) is 0. The molecular weight excluding hydrogens is 383 g/mol. The summed E-state index contributed by atoms with van der Waals surface area (Å²) in [6.45, 7) is 10.4. The van der Waals surface area contributed by atoms with Gasteiger partial charge in [0, 0.05) is 39.7 Å². The Kier molecular flexibility index (Phi) is 11.7. The molecule has 0 unspecified atom stereocenters. The molecule has 6 nitrogen and oxygen atoms in total. The van der Waals surface area contributed by atoms with E-state index in [4.69, 9.17) is 4.74 Å². The van der Waals surface area contributed by atoms with Gasteiger partial charge in [-0.25, -0.2) is 0 Å². The Morgan fingerprint density at radius 3 is 2.48 bits per heavy atom. The lowest BCUT2D eigenvalue weighted by Gasteiger charge is -2.34. The fourth-order valence-corrected chi connectivity index (χ4v) is 2.29. The van der Waals surface area contributed by atoms with Crippen LogP contribution in [0.3, 0.4) is 0 Å². The summed E-state index contributed by atoms with van der Waals surface area (Å²) in [5, 5.41) is 6.07. The monoisotopic (exact) mass is 412 g/mol. The van der Waals surface area contributed by atoms with E-state index in [0.717, 1.165) is 45.0 Å². The Balaban J connectivity index is 0.00000400. The molecule has 1 fully saturated rings. The van der Waals surface area contributed by atoms with Crippen LogP contribution in [0.1, 0.15) is 33.6 Å². The fraction of sp³-hybridized carbons (Fsp3) is 0.857. The van der Waals surface area contributed by atoms with Crippen molar-refractivity contribution in [3.8, 4) is 0 Å². The first-order valence-corrected chi connectivity index (χ1v) is 7.56. The van der Waals surface area contributed by atoms with Crippen LogP contribution < -0.4 is 10.6 Å². The minimum absolute atomic E-state index is 0. The van der Waals surface area contributed by atoms with Gasteiger partial charge in [-0.05, 0) is 26.7 Å². The maximum atomic E-state index is 10.8. The molecule has 0 radical (unpaired) electrons. The number of guanidine groups is 1. The van der Waals surface area contributed by atoms with Gasteiger partial charge in [-0.3, -0.25) is 9.79 Å². The van der Waals surface area contributed by atoms with Crippen molar-refractivity contribution in [1.82, 2.24) is 15.5 Å². The highest BCUT2D eigenvalue weighted by Gasteiger charge is 2.21. The van der Waals surface area contributed by atoms with Crippen molar-refractivity contribution >= 4 is 35.8 Å². The van der Waals surface area contributed by atoms with E-state index in [9.17, 15) is 4.79 Å². The topological polar surface area (TPSA) is 66.0 Å². The van der Waals surface area contributed by atoms with E-state index >= 15 is 0 Å². The Hall–Kier alpha value is -0.570. The molecule has 1 heterocycles. The van der Waals surface area contributed by atoms with Gasteiger partial charge in [-0.1, -0.05) is 0 Å². The van der Waals surface area contributed by atoms with Gasteiger partial charge in [0.2, 0.25) is 5.91 Å². The van der Waals surface area contributed by atoms with Crippen LogP contribution in [0.2, 0.25) is 0 Å². The van der Waals surface area contributed by atoms with Gasteiger partial charge in [0.15, 0.2) is 5.96 Å². The zero-order valence-corrected chi connectivity index (χ0v) is 15.7. The second-order valence-electron chi connectivity index (χ2n) is 4.86. The number of carbonyl (C=O) groups is 1. The number of amides is 1. The largest absolute Gasteiger partial charge is 0.378 e. The number of halogens is 1. The molecule has 1 aliphatic heterocycles. The number of nitrogens with zero attached hydrogens (tertiary/aromatic N) is 2. The molecule has 2 N–H and O–H groups in total. The maximum absolute atomic E-state index is 10.8. The van der Waals surface area contributed by atoms with Crippen molar-refractivity contribution in [2.24, 2.45) is 4.99 Å². The van der Waals surface area contributed by atoms with Gasteiger partial charge < -0.3 is 20.3 Å². The molecule has 0 aromatic heterocycles. The molecule has 7 heteroatoms. The number of nitrogens with one attached hydrogen (secondary N) is 2. The lowest BCUT2D eigenvalue weighted by Crippen LogP contribution is -2.47. The van der Waals surface area contributed by atoms with Gasteiger partial charge in [-0.15, -0.1) is 24.0 Å². The standard InChI is InChI=1S/C14H28N4O2.HI/c1-4-15-14(17-9-8-16-12(3)19)18-10-6-13(7-11-18)20-5-2;/h13H,4-11H2,1-3H3,(H,15,17)(H,16,19);1H. The number of rotatable bonds is 6. The number of aliphatic imine (C=N–C) groups is 1. The molecule has 1 saturated heterocycles. The Morgan fingerprint density at radius 2 is 1.95 bits per heavy atom. The zero-order chi connectivity index (χ0) is 14.8. The van der Waals surface area contributed by atoms with Crippen LogP contribution in [-0.2, 0) is 9.53 Å². The number of hydrogen-bond acceptors (Lipinski definition) is 3. The number of hydrogen-bond donors (Lipinski definition) is 2. The van der Waals surface area contributed by atoms with Crippen molar-refractivity contribution in [2.45, 2.75) is 39.7 Å². The van der Waals surface area contributed by atoms with E-state index in [-0.39, 0.29) is 29.9 Å². The van der Waals surface area contributed by atoms with Crippen molar-refractivity contribution < 1.29 is 9.53 Å². The van der Waals surface area contributed by atoms with Crippen LogP contribution in [0.15, 0.2) is 4.99 Å². The van der Waals surface area contributed by atoms with E-state index in [1.54, 1.807) is 0 Å². The minimum Gasteiger partial charge on any atom is -0.378 e. The van der Waals surface area contributed by atoms with E-state index < -0.39 is 0 Å². The smallest absolute Gasteiger partial charge is 0.216 e. The number of likely N-dealkylation sites (tertiary alicyclic amines) is 1. The summed E-state index contributed by atoms with van der Waals surface area (Å²) in [6.07, 6.45) is 2.48. The van der Waals surface area contributed by atoms with Crippen LogP contribution in [0, 0.1) is 0 Å². The normalized spacial score (nSPS) is 16.3. The summed E-state index contributed by atoms with van der Waals surface area (Å²) in [4.78, 5) is 17.6. The second-order valence-corrected chi connectivity index (χ2v) is 4.86. The quantitative estimate of drug-likeness (QED) is 0.298. The van der Waals surface area contributed by atoms with Gasteiger partial charge in [0.1, 0.15) is 0 Å². The Morgan fingerprint density at radius 1 is 1.29 bits per heavy atom. The van der Waals surface area contributed by atoms with Crippen LogP contribution in [0.5, 0.6) is 0 Å². The molecule has 1 rings (SSSR count). The molecule has 0 spiro atoms. The highest BCUT2D eigenvalue weighted by Crippen LogP contribution is 2.13. The predicted octanol–water partition coefficient (Wildman–Crippen LogP) is 1.21. The van der Waals surface area contributed by atoms with Gasteiger partial charge in [0.25, 0.3) is 0 Å². The molecule has 0 aromatic rings. The molecule has 21 heavy (non-hydrogen) atoms. The molecular formula is C14H29IN4O2. The molecule has 0 bridgehead atoms. The van der Waals surface area contributed by atoms with Crippen LogP contribution in [0.4, 0.5) is 0 Å². The molecule has 1 aliphatic rings. The highest BCUT2D eigenvalue weighted by atomic mass is 127. The van der Waals surface area contributed by atoms with Crippen molar-refractivity contribution in [3.63, 3.8) is 0 Å². The molecule has 0 atom stereocenters. The summed E-state index contributed by atoms with van der Waals surface area (Å²) < 4.78 is 5.66. The van der Waals surface area contributed by atoms with E-state index in [1.165, 1.54) is 6.92 Å². The first-order chi connectivity index (χ1) is 9.67. The van der Waals surface area contributed by atoms with Gasteiger partial charge >= 0.3 is 0 Å². The van der Waals surface area contributed by atoms with Crippen molar-refractivity contribution in [3.05, 3.63) is 0 Å².